The number of hydrogen-bond acceptors (Lipinski definition) is 4. The Labute approximate surface area is 104 Å². The average Bonchev–Trinajstić information content (AvgIpc) is 2.73. The third-order valence-electron chi connectivity index (χ3n) is 2.31. The van der Waals surface area contributed by atoms with Gasteiger partial charge in [0, 0.05) is 12.6 Å². The molecule has 17 heavy (non-hydrogen) atoms. The van der Waals surface area contributed by atoms with E-state index in [-0.39, 0.29) is 0 Å². The Morgan fingerprint density at radius 2 is 2.12 bits per heavy atom. The molecule has 88 valence electrons. The molecule has 5 nitrogen and oxygen atoms in total. The zero-order chi connectivity index (χ0) is 12.3. The van der Waals surface area contributed by atoms with Gasteiger partial charge >= 0.3 is 0 Å². The van der Waals surface area contributed by atoms with E-state index in [4.69, 9.17) is 22.7 Å². The minimum Gasteiger partial charge on any atom is -0.486 e. The van der Waals surface area contributed by atoms with E-state index >= 15 is 0 Å². The van der Waals surface area contributed by atoms with Crippen molar-refractivity contribution in [3.8, 4) is 5.75 Å². The van der Waals surface area contributed by atoms with Crippen LogP contribution in [0.4, 0.5) is 0 Å². The van der Waals surface area contributed by atoms with Gasteiger partial charge in [-0.15, -0.1) is 0 Å². The molecule has 0 saturated heterocycles. The second-order valence-corrected chi connectivity index (χ2v) is 3.92. The van der Waals surface area contributed by atoms with Crippen LogP contribution in [0.15, 0.2) is 30.6 Å². The molecule has 2 rings (SSSR count). The van der Waals surface area contributed by atoms with Gasteiger partial charge in [-0.2, -0.15) is 5.10 Å². The monoisotopic (exact) mass is 248 g/mol. The molecule has 1 heterocycles. The quantitative estimate of drug-likeness (QED) is 0.819. The highest BCUT2D eigenvalue weighted by atomic mass is 32.1. The number of ether oxygens (including phenoxy) is 1. The molecular weight excluding hydrogens is 236 g/mol. The fraction of sp³-hybridized carbons (Fsp3) is 0.182. The van der Waals surface area contributed by atoms with Crippen LogP contribution in [0.5, 0.6) is 5.75 Å². The summed E-state index contributed by atoms with van der Waals surface area (Å²) in [6.45, 7) is 0.378. The average molecular weight is 248 g/mol. The number of hydrogen-bond donors (Lipinski definition) is 1. The standard InChI is InChI=1S/C11H12N4OS/c1-15-10(13-7-14-15)6-16-9-4-2-8(3-5-9)11(12)17/h2-5,7H,6H2,1H3,(H2,12,17). The van der Waals surface area contributed by atoms with E-state index in [1.807, 2.05) is 31.3 Å². The molecule has 0 unspecified atom stereocenters. The lowest BCUT2D eigenvalue weighted by molar-refractivity contribution is 0.290. The molecule has 0 bridgehead atoms. The largest absolute Gasteiger partial charge is 0.486 e. The molecule has 1 aromatic heterocycles. The summed E-state index contributed by atoms with van der Waals surface area (Å²) in [5.74, 6) is 1.51. The first-order chi connectivity index (χ1) is 8.16. The maximum Gasteiger partial charge on any atom is 0.164 e. The van der Waals surface area contributed by atoms with Crippen LogP contribution in [-0.4, -0.2) is 19.8 Å². The van der Waals surface area contributed by atoms with Crippen molar-refractivity contribution in [3.63, 3.8) is 0 Å². The van der Waals surface area contributed by atoms with Crippen LogP contribution < -0.4 is 10.5 Å². The van der Waals surface area contributed by atoms with Crippen molar-refractivity contribution in [1.29, 1.82) is 0 Å². The lowest BCUT2D eigenvalue weighted by atomic mass is 10.2. The van der Waals surface area contributed by atoms with Crippen molar-refractivity contribution in [1.82, 2.24) is 14.8 Å². The third kappa shape index (κ3) is 2.79. The number of rotatable bonds is 4. The van der Waals surface area contributed by atoms with Gasteiger partial charge in [-0.3, -0.25) is 4.68 Å². The molecule has 0 fully saturated rings. The molecule has 0 atom stereocenters. The van der Waals surface area contributed by atoms with Crippen LogP contribution in [0.25, 0.3) is 0 Å². The minimum atomic E-state index is 0.378. The number of nitrogens with zero attached hydrogens (tertiary/aromatic N) is 3. The van der Waals surface area contributed by atoms with E-state index in [1.54, 1.807) is 4.68 Å². The van der Waals surface area contributed by atoms with Gasteiger partial charge in [0.1, 0.15) is 23.7 Å². The number of nitrogens with two attached hydrogens (primary N) is 1. The van der Waals surface area contributed by atoms with Crippen LogP contribution >= 0.6 is 12.2 Å². The van der Waals surface area contributed by atoms with Crippen molar-refractivity contribution in [2.45, 2.75) is 6.61 Å². The molecule has 0 saturated carbocycles. The van der Waals surface area contributed by atoms with E-state index in [0.717, 1.165) is 17.1 Å². The molecular formula is C11H12N4OS. The van der Waals surface area contributed by atoms with Gasteiger partial charge in [0.05, 0.1) is 0 Å². The molecule has 0 amide bonds. The van der Waals surface area contributed by atoms with E-state index in [1.165, 1.54) is 6.33 Å². The summed E-state index contributed by atoms with van der Waals surface area (Å²) >= 11 is 4.87. The SMILES string of the molecule is Cn1ncnc1COc1ccc(C(N)=S)cc1. The summed E-state index contributed by atoms with van der Waals surface area (Å²) in [5.41, 5.74) is 6.33. The first kappa shape index (κ1) is 11.5. The van der Waals surface area contributed by atoms with Crippen LogP contribution in [0.3, 0.4) is 0 Å². The Balaban J connectivity index is 2.00. The smallest absolute Gasteiger partial charge is 0.164 e. The lowest BCUT2D eigenvalue weighted by Crippen LogP contribution is -2.09. The van der Waals surface area contributed by atoms with Gasteiger partial charge in [-0.05, 0) is 24.3 Å². The van der Waals surface area contributed by atoms with Gasteiger partial charge in [0.25, 0.3) is 0 Å². The highest BCUT2D eigenvalue weighted by Crippen LogP contribution is 2.13. The maximum atomic E-state index is 5.56. The molecule has 0 aliphatic heterocycles. The van der Waals surface area contributed by atoms with E-state index in [2.05, 4.69) is 10.1 Å². The molecule has 2 aromatic rings. The van der Waals surface area contributed by atoms with Gasteiger partial charge in [-0.1, -0.05) is 12.2 Å². The zero-order valence-corrected chi connectivity index (χ0v) is 10.1. The summed E-state index contributed by atoms with van der Waals surface area (Å²) in [5, 5.41) is 3.96. The number of aryl methyl sites for hydroxylation is 1. The Hall–Kier alpha value is -1.95. The van der Waals surface area contributed by atoms with Gasteiger partial charge in [0.2, 0.25) is 0 Å². The summed E-state index contributed by atoms with van der Waals surface area (Å²) in [6.07, 6.45) is 1.49. The molecule has 0 aliphatic rings. The van der Waals surface area contributed by atoms with Crippen molar-refractivity contribution in [3.05, 3.63) is 42.0 Å². The van der Waals surface area contributed by atoms with E-state index in [0.29, 0.717) is 11.6 Å². The topological polar surface area (TPSA) is 66.0 Å². The summed E-state index contributed by atoms with van der Waals surface area (Å²) in [7, 11) is 1.82. The third-order valence-corrected chi connectivity index (χ3v) is 2.55. The maximum absolute atomic E-state index is 5.56. The molecule has 0 spiro atoms. The summed E-state index contributed by atoms with van der Waals surface area (Å²) in [6, 6.07) is 7.30. The Morgan fingerprint density at radius 3 is 2.65 bits per heavy atom. The fourth-order valence-corrected chi connectivity index (χ4v) is 1.45. The predicted molar refractivity (Wildman–Crippen MR) is 67.7 cm³/mol. The van der Waals surface area contributed by atoms with Gasteiger partial charge in [-0.25, -0.2) is 4.98 Å². The van der Waals surface area contributed by atoms with Crippen molar-refractivity contribution in [2.24, 2.45) is 12.8 Å². The second kappa shape index (κ2) is 4.92. The molecule has 0 aliphatic carbocycles. The number of thiocarbonyl (C=S) groups is 1. The lowest BCUT2D eigenvalue weighted by Gasteiger charge is -2.06. The first-order valence-corrected chi connectivity index (χ1v) is 5.43. The fourth-order valence-electron chi connectivity index (χ4n) is 1.31. The van der Waals surface area contributed by atoms with E-state index in [9.17, 15) is 0 Å². The Kier molecular flexibility index (Phi) is 3.34. The molecule has 6 heteroatoms. The van der Waals surface area contributed by atoms with Gasteiger partial charge in [0.15, 0.2) is 5.82 Å². The molecule has 1 aromatic carbocycles. The highest BCUT2D eigenvalue weighted by Gasteiger charge is 2.02. The summed E-state index contributed by atoms with van der Waals surface area (Å²) in [4.78, 5) is 4.44. The van der Waals surface area contributed by atoms with Crippen LogP contribution in [0.1, 0.15) is 11.4 Å². The first-order valence-electron chi connectivity index (χ1n) is 5.02. The molecule has 2 N–H and O–H groups in total. The summed E-state index contributed by atoms with van der Waals surface area (Å²) < 4.78 is 7.23. The van der Waals surface area contributed by atoms with Crippen LogP contribution in [0, 0.1) is 0 Å². The zero-order valence-electron chi connectivity index (χ0n) is 9.33. The van der Waals surface area contributed by atoms with Crippen molar-refractivity contribution < 1.29 is 4.74 Å². The normalized spacial score (nSPS) is 10.2. The molecule has 0 radical (unpaired) electrons. The minimum absolute atomic E-state index is 0.378. The number of benzene rings is 1. The Morgan fingerprint density at radius 1 is 1.41 bits per heavy atom. The van der Waals surface area contributed by atoms with Gasteiger partial charge < -0.3 is 10.5 Å². The van der Waals surface area contributed by atoms with E-state index < -0.39 is 0 Å². The number of aromatic nitrogens is 3. The predicted octanol–water partition coefficient (Wildman–Crippen LogP) is 1.03. The Bertz CT molecular complexity index is 521. The highest BCUT2D eigenvalue weighted by molar-refractivity contribution is 7.80. The van der Waals surface area contributed by atoms with Crippen LogP contribution in [0.2, 0.25) is 0 Å². The van der Waals surface area contributed by atoms with Crippen molar-refractivity contribution >= 4 is 17.2 Å². The van der Waals surface area contributed by atoms with Crippen LogP contribution in [-0.2, 0) is 13.7 Å². The van der Waals surface area contributed by atoms with Crippen molar-refractivity contribution in [2.75, 3.05) is 0 Å². The second-order valence-electron chi connectivity index (χ2n) is 3.48.